The number of Topliss-reactive ketones (excluding diaryl/α,β-unsaturated/α-hetero) is 1. The van der Waals surface area contributed by atoms with Gasteiger partial charge in [-0.3, -0.25) is 4.79 Å². The van der Waals surface area contributed by atoms with Crippen molar-refractivity contribution in [1.29, 1.82) is 5.26 Å². The first kappa shape index (κ1) is 13.8. The number of carbonyl (C=O) groups excluding carboxylic acids is 1. The van der Waals surface area contributed by atoms with Gasteiger partial charge in [-0.2, -0.15) is 5.26 Å². The van der Waals surface area contributed by atoms with Gasteiger partial charge in [0.2, 0.25) is 0 Å². The molecule has 4 heteroatoms. The van der Waals surface area contributed by atoms with Crippen molar-refractivity contribution in [2.75, 3.05) is 18.0 Å². The number of hydrogen-bond donors (Lipinski definition) is 0. The molecule has 0 saturated carbocycles. The number of ketones is 1. The lowest BCUT2D eigenvalue weighted by atomic mass is 9.64. The molecule has 2 heterocycles. The molecule has 0 amide bonds. The number of allylic oxidation sites excluding steroid dienone is 1. The van der Waals surface area contributed by atoms with Crippen LogP contribution < -0.4 is 4.90 Å². The first-order valence-electron chi connectivity index (χ1n) is 7.30. The van der Waals surface area contributed by atoms with Crippen LogP contribution >= 0.6 is 0 Å². The Morgan fingerprint density at radius 2 is 2.19 bits per heavy atom. The lowest BCUT2D eigenvalue weighted by Gasteiger charge is -2.38. The minimum atomic E-state index is -0.458. The van der Waals surface area contributed by atoms with Gasteiger partial charge in [-0.1, -0.05) is 26.0 Å². The molecule has 1 aromatic heterocycles. The molecule has 1 aliphatic carbocycles. The van der Waals surface area contributed by atoms with Crippen LogP contribution in [0.1, 0.15) is 26.7 Å². The summed E-state index contributed by atoms with van der Waals surface area (Å²) >= 11 is 0. The number of carbonyl (C=O) groups is 1. The van der Waals surface area contributed by atoms with Gasteiger partial charge in [0.25, 0.3) is 0 Å². The lowest BCUT2D eigenvalue weighted by Crippen LogP contribution is -2.40. The summed E-state index contributed by atoms with van der Waals surface area (Å²) in [5.74, 6) is 0.947. The van der Waals surface area contributed by atoms with Gasteiger partial charge in [0.1, 0.15) is 11.9 Å². The fourth-order valence-corrected chi connectivity index (χ4v) is 3.73. The fraction of sp³-hybridized carbons (Fsp3) is 0.471. The molecular formula is C17H19N3O. The molecule has 0 N–H and O–H groups in total. The van der Waals surface area contributed by atoms with E-state index in [0.29, 0.717) is 5.57 Å². The molecule has 2 aliphatic rings. The number of anilines is 1. The van der Waals surface area contributed by atoms with Crippen molar-refractivity contribution in [2.45, 2.75) is 26.7 Å². The molecule has 21 heavy (non-hydrogen) atoms. The Kier molecular flexibility index (Phi) is 3.09. The first-order chi connectivity index (χ1) is 9.96. The molecule has 0 radical (unpaired) electrons. The molecule has 1 aliphatic heterocycles. The van der Waals surface area contributed by atoms with Crippen LogP contribution in [-0.4, -0.2) is 23.9 Å². The second-order valence-corrected chi connectivity index (χ2v) is 6.78. The van der Waals surface area contributed by atoms with Crippen LogP contribution in [0.2, 0.25) is 0 Å². The number of hydrogen-bond acceptors (Lipinski definition) is 4. The molecule has 1 saturated heterocycles. The van der Waals surface area contributed by atoms with Crippen molar-refractivity contribution in [3.05, 3.63) is 36.0 Å². The molecule has 4 nitrogen and oxygen atoms in total. The Morgan fingerprint density at radius 3 is 2.86 bits per heavy atom. The molecule has 108 valence electrons. The van der Waals surface area contributed by atoms with E-state index in [9.17, 15) is 10.1 Å². The molecule has 1 atom stereocenters. The molecule has 0 aromatic carbocycles. The standard InChI is InChI=1S/C17H19N3O/c1-16(2)11-17(9-13(10-18)15(16)21)6-8-20(12-17)14-5-3-4-7-19-14/h3-5,7,9H,6,8,11-12H2,1-2H3. The highest BCUT2D eigenvalue weighted by atomic mass is 16.1. The van der Waals surface area contributed by atoms with Gasteiger partial charge in [0, 0.05) is 30.1 Å². The minimum Gasteiger partial charge on any atom is -0.356 e. The van der Waals surface area contributed by atoms with E-state index in [4.69, 9.17) is 0 Å². The normalized spacial score (nSPS) is 27.6. The van der Waals surface area contributed by atoms with E-state index in [0.717, 1.165) is 31.7 Å². The SMILES string of the molecule is CC1(C)CC2(C=C(C#N)C1=O)CCN(c1ccccn1)C2. The van der Waals surface area contributed by atoms with Crippen molar-refractivity contribution in [2.24, 2.45) is 10.8 Å². The second kappa shape index (κ2) is 4.70. The van der Waals surface area contributed by atoms with Crippen LogP contribution in [0.15, 0.2) is 36.0 Å². The Morgan fingerprint density at radius 1 is 1.38 bits per heavy atom. The summed E-state index contributed by atoms with van der Waals surface area (Å²) in [7, 11) is 0. The zero-order valence-corrected chi connectivity index (χ0v) is 12.5. The third-order valence-electron chi connectivity index (χ3n) is 4.58. The number of nitrogens with zero attached hydrogens (tertiary/aromatic N) is 3. The largest absolute Gasteiger partial charge is 0.356 e. The number of nitriles is 1. The smallest absolute Gasteiger partial charge is 0.178 e. The Bertz CT molecular complexity index is 642. The van der Waals surface area contributed by atoms with Crippen molar-refractivity contribution in [3.8, 4) is 6.07 Å². The van der Waals surface area contributed by atoms with Gasteiger partial charge >= 0.3 is 0 Å². The van der Waals surface area contributed by atoms with Crippen molar-refractivity contribution < 1.29 is 4.79 Å². The fourth-order valence-electron chi connectivity index (χ4n) is 3.73. The van der Waals surface area contributed by atoms with E-state index >= 15 is 0 Å². The highest BCUT2D eigenvalue weighted by Crippen LogP contribution is 2.48. The third-order valence-corrected chi connectivity index (χ3v) is 4.58. The Hall–Kier alpha value is -2.15. The van der Waals surface area contributed by atoms with E-state index in [1.165, 1.54) is 0 Å². The maximum atomic E-state index is 12.3. The highest BCUT2D eigenvalue weighted by molar-refractivity contribution is 6.03. The maximum Gasteiger partial charge on any atom is 0.178 e. The van der Waals surface area contributed by atoms with Crippen molar-refractivity contribution in [1.82, 2.24) is 4.98 Å². The summed E-state index contributed by atoms with van der Waals surface area (Å²) in [4.78, 5) is 18.9. The molecule has 1 fully saturated rings. The predicted molar refractivity (Wildman–Crippen MR) is 80.6 cm³/mol. The predicted octanol–water partition coefficient (Wildman–Crippen LogP) is 2.73. The average Bonchev–Trinajstić information content (AvgIpc) is 2.87. The topological polar surface area (TPSA) is 57.0 Å². The molecule has 1 aromatic rings. The van der Waals surface area contributed by atoms with Crippen LogP contribution in [0.25, 0.3) is 0 Å². The van der Waals surface area contributed by atoms with Crippen LogP contribution in [0.4, 0.5) is 5.82 Å². The van der Waals surface area contributed by atoms with Gasteiger partial charge in [0.15, 0.2) is 5.78 Å². The molecule has 3 rings (SSSR count). The van der Waals surface area contributed by atoms with Crippen LogP contribution in [0.5, 0.6) is 0 Å². The summed E-state index contributed by atoms with van der Waals surface area (Å²) < 4.78 is 0. The van der Waals surface area contributed by atoms with Crippen molar-refractivity contribution in [3.63, 3.8) is 0 Å². The first-order valence-corrected chi connectivity index (χ1v) is 7.30. The zero-order valence-electron chi connectivity index (χ0n) is 12.5. The van der Waals surface area contributed by atoms with Crippen LogP contribution in [0, 0.1) is 22.2 Å². The van der Waals surface area contributed by atoms with Gasteiger partial charge < -0.3 is 4.90 Å². The summed E-state index contributed by atoms with van der Waals surface area (Å²) in [6.45, 7) is 5.64. The van der Waals surface area contributed by atoms with Crippen molar-refractivity contribution >= 4 is 11.6 Å². The maximum absolute atomic E-state index is 12.3. The second-order valence-electron chi connectivity index (χ2n) is 6.78. The third kappa shape index (κ3) is 2.33. The summed E-state index contributed by atoms with van der Waals surface area (Å²) in [5, 5.41) is 9.26. The van der Waals surface area contributed by atoms with Gasteiger partial charge in [-0.05, 0) is 25.0 Å². The Balaban J connectivity index is 1.92. The van der Waals surface area contributed by atoms with E-state index < -0.39 is 5.41 Å². The molecule has 1 unspecified atom stereocenters. The van der Waals surface area contributed by atoms with E-state index in [2.05, 4.69) is 16.0 Å². The van der Waals surface area contributed by atoms with E-state index in [1.807, 2.05) is 38.1 Å². The number of rotatable bonds is 1. The van der Waals surface area contributed by atoms with E-state index in [1.54, 1.807) is 6.20 Å². The minimum absolute atomic E-state index is 0.0214. The highest BCUT2D eigenvalue weighted by Gasteiger charge is 2.48. The van der Waals surface area contributed by atoms with E-state index in [-0.39, 0.29) is 11.2 Å². The number of pyridine rings is 1. The van der Waals surface area contributed by atoms with Gasteiger partial charge in [-0.25, -0.2) is 4.98 Å². The van der Waals surface area contributed by atoms with Crippen LogP contribution in [0.3, 0.4) is 0 Å². The van der Waals surface area contributed by atoms with Crippen LogP contribution in [-0.2, 0) is 4.79 Å². The zero-order chi connectivity index (χ0) is 15.1. The molecular weight excluding hydrogens is 262 g/mol. The summed E-state index contributed by atoms with van der Waals surface area (Å²) in [5.41, 5.74) is -0.214. The van der Waals surface area contributed by atoms with Gasteiger partial charge in [0.05, 0.1) is 5.57 Å². The van der Waals surface area contributed by atoms with Gasteiger partial charge in [-0.15, -0.1) is 0 Å². The monoisotopic (exact) mass is 281 g/mol. The summed E-state index contributed by atoms with van der Waals surface area (Å²) in [6.07, 6.45) is 5.48. The summed E-state index contributed by atoms with van der Waals surface area (Å²) in [6, 6.07) is 7.99. The molecule has 1 spiro atoms. The molecule has 0 bridgehead atoms. The average molecular weight is 281 g/mol. The Labute approximate surface area is 125 Å². The lowest BCUT2D eigenvalue weighted by molar-refractivity contribution is -0.125. The quantitative estimate of drug-likeness (QED) is 0.794. The number of aromatic nitrogens is 1.